The Hall–Kier alpha value is -1.67. The summed E-state index contributed by atoms with van der Waals surface area (Å²) in [5.41, 5.74) is -0.0345. The number of pyridine rings is 1. The van der Waals surface area contributed by atoms with E-state index in [0.29, 0.717) is 30.3 Å². The SMILES string of the molecule is CC(C)[C@]1(C(=O)N2CCc3ncc(C(F)(F)F)cc3C2)CC[C@@H](N2C[C@@H](C)O[C@@H](C)C2)C1. The molecule has 1 aliphatic carbocycles. The Balaban J connectivity index is 1.52. The van der Waals surface area contributed by atoms with Crippen LogP contribution < -0.4 is 0 Å². The van der Waals surface area contributed by atoms with Crippen molar-refractivity contribution in [3.8, 4) is 0 Å². The second kappa shape index (κ2) is 8.60. The van der Waals surface area contributed by atoms with Crippen molar-refractivity contribution < 1.29 is 22.7 Å². The average Bonchev–Trinajstić information content (AvgIpc) is 3.18. The van der Waals surface area contributed by atoms with E-state index in [-0.39, 0.29) is 30.6 Å². The summed E-state index contributed by atoms with van der Waals surface area (Å²) >= 11 is 0. The molecule has 0 bridgehead atoms. The van der Waals surface area contributed by atoms with Gasteiger partial charge in [-0.1, -0.05) is 13.8 Å². The Morgan fingerprint density at radius 3 is 2.56 bits per heavy atom. The van der Waals surface area contributed by atoms with Crippen LogP contribution in [0.2, 0.25) is 0 Å². The molecule has 3 aliphatic rings. The second-order valence-electron chi connectivity index (χ2n) is 10.2. The number of ether oxygens (including phenoxy) is 1. The molecule has 2 aliphatic heterocycles. The summed E-state index contributed by atoms with van der Waals surface area (Å²) in [6.07, 6.45) is -0.0971. The molecule has 3 heterocycles. The van der Waals surface area contributed by atoms with Gasteiger partial charge in [0.05, 0.1) is 23.2 Å². The Morgan fingerprint density at radius 2 is 1.94 bits per heavy atom. The highest BCUT2D eigenvalue weighted by Gasteiger charge is 2.51. The Kier molecular flexibility index (Phi) is 6.31. The number of hydrogen-bond acceptors (Lipinski definition) is 4. The van der Waals surface area contributed by atoms with Gasteiger partial charge < -0.3 is 9.64 Å². The van der Waals surface area contributed by atoms with Crippen molar-refractivity contribution in [3.63, 3.8) is 0 Å². The highest BCUT2D eigenvalue weighted by Crippen LogP contribution is 2.48. The van der Waals surface area contributed by atoms with Gasteiger partial charge in [-0.3, -0.25) is 14.7 Å². The lowest BCUT2D eigenvalue weighted by Gasteiger charge is -2.42. The lowest BCUT2D eigenvalue weighted by atomic mass is 9.73. The lowest BCUT2D eigenvalue weighted by Crippen LogP contribution is -2.51. The number of aromatic nitrogens is 1. The largest absolute Gasteiger partial charge is 0.417 e. The summed E-state index contributed by atoms with van der Waals surface area (Å²) in [5.74, 6) is 0.254. The first-order valence-electron chi connectivity index (χ1n) is 11.7. The van der Waals surface area contributed by atoms with Crippen molar-refractivity contribution in [3.05, 3.63) is 29.1 Å². The second-order valence-corrected chi connectivity index (χ2v) is 10.2. The van der Waals surface area contributed by atoms with E-state index in [4.69, 9.17) is 4.74 Å². The minimum absolute atomic E-state index is 0.0902. The molecule has 1 aromatic rings. The molecule has 8 heteroatoms. The van der Waals surface area contributed by atoms with Gasteiger partial charge in [0.15, 0.2) is 0 Å². The maximum atomic E-state index is 13.9. The highest BCUT2D eigenvalue weighted by atomic mass is 19.4. The molecule has 4 rings (SSSR count). The van der Waals surface area contributed by atoms with E-state index in [1.54, 1.807) is 4.90 Å². The predicted octanol–water partition coefficient (Wildman–Crippen LogP) is 4.29. The van der Waals surface area contributed by atoms with Crippen LogP contribution in [0.15, 0.2) is 12.3 Å². The Bertz CT molecular complexity index is 849. The molecule has 0 aromatic carbocycles. The fraction of sp³-hybridized carbons (Fsp3) is 0.750. The van der Waals surface area contributed by atoms with Crippen LogP contribution in [0.4, 0.5) is 13.2 Å². The molecule has 4 atom stereocenters. The highest BCUT2D eigenvalue weighted by molar-refractivity contribution is 5.83. The number of carbonyl (C=O) groups excluding carboxylic acids is 1. The molecule has 32 heavy (non-hydrogen) atoms. The topological polar surface area (TPSA) is 45.7 Å². The quantitative estimate of drug-likeness (QED) is 0.685. The van der Waals surface area contributed by atoms with Crippen LogP contribution in [0.25, 0.3) is 0 Å². The third-order valence-corrected chi connectivity index (χ3v) is 7.67. The van der Waals surface area contributed by atoms with Crippen molar-refractivity contribution in [2.45, 2.75) is 84.3 Å². The normalized spacial score (nSPS) is 31.8. The zero-order valence-electron chi connectivity index (χ0n) is 19.4. The number of morpholine rings is 1. The molecule has 178 valence electrons. The summed E-state index contributed by atoms with van der Waals surface area (Å²) in [6.45, 7) is 10.9. The molecule has 0 unspecified atom stereocenters. The Morgan fingerprint density at radius 1 is 1.25 bits per heavy atom. The average molecular weight is 454 g/mol. The Labute approximate surface area is 188 Å². The predicted molar refractivity (Wildman–Crippen MR) is 115 cm³/mol. The van der Waals surface area contributed by atoms with Crippen molar-refractivity contribution in [2.24, 2.45) is 11.3 Å². The zero-order valence-corrected chi connectivity index (χ0v) is 19.4. The van der Waals surface area contributed by atoms with Crippen molar-refractivity contribution in [1.82, 2.24) is 14.8 Å². The van der Waals surface area contributed by atoms with Gasteiger partial charge in [0.25, 0.3) is 0 Å². The molecule has 1 aromatic heterocycles. The van der Waals surface area contributed by atoms with E-state index in [1.807, 2.05) is 0 Å². The molecular formula is C24H34F3N3O2. The molecule has 1 saturated heterocycles. The summed E-state index contributed by atoms with van der Waals surface area (Å²) in [4.78, 5) is 22.1. The number of hydrogen-bond donors (Lipinski definition) is 0. The van der Waals surface area contributed by atoms with Gasteiger partial charge in [-0.25, -0.2) is 0 Å². The van der Waals surface area contributed by atoms with E-state index in [9.17, 15) is 18.0 Å². The van der Waals surface area contributed by atoms with Crippen LogP contribution in [0.3, 0.4) is 0 Å². The van der Waals surface area contributed by atoms with Crippen LogP contribution in [0.1, 0.15) is 63.8 Å². The zero-order chi connectivity index (χ0) is 23.3. The number of amides is 1. The number of carbonyl (C=O) groups is 1. The number of rotatable bonds is 3. The van der Waals surface area contributed by atoms with Crippen molar-refractivity contribution in [1.29, 1.82) is 0 Å². The lowest BCUT2D eigenvalue weighted by molar-refractivity contribution is -0.146. The fourth-order valence-corrected chi connectivity index (χ4v) is 5.91. The summed E-state index contributed by atoms with van der Waals surface area (Å²) in [5, 5.41) is 0. The summed E-state index contributed by atoms with van der Waals surface area (Å²) in [6, 6.07) is 1.50. The van der Waals surface area contributed by atoms with E-state index in [1.165, 1.54) is 0 Å². The molecule has 2 fully saturated rings. The third kappa shape index (κ3) is 4.40. The standard InChI is InChI=1S/C24H34F3N3O2/c1-15(2)23(7-5-20(10-23)30-12-16(3)32-17(4)13-30)22(31)29-8-6-21-18(14-29)9-19(11-28-21)24(25,26)27/h9,11,15-17,20H,5-8,10,12-14H2,1-4H3/t16-,17+,20-,23+/m1/s1. The van der Waals surface area contributed by atoms with Gasteiger partial charge >= 0.3 is 6.18 Å². The number of fused-ring (bicyclic) bond motifs is 1. The van der Waals surface area contributed by atoms with Crippen LogP contribution in [0.5, 0.6) is 0 Å². The van der Waals surface area contributed by atoms with Crippen molar-refractivity contribution in [2.75, 3.05) is 19.6 Å². The van der Waals surface area contributed by atoms with E-state index >= 15 is 0 Å². The van der Waals surface area contributed by atoms with E-state index < -0.39 is 17.2 Å². The molecular weight excluding hydrogens is 419 g/mol. The first-order valence-corrected chi connectivity index (χ1v) is 11.7. The van der Waals surface area contributed by atoms with Gasteiger partial charge in [0, 0.05) is 50.5 Å². The molecule has 0 spiro atoms. The minimum Gasteiger partial charge on any atom is -0.373 e. The van der Waals surface area contributed by atoms with Crippen LogP contribution in [-0.4, -0.2) is 58.6 Å². The first kappa shape index (κ1) is 23.5. The minimum atomic E-state index is -4.43. The molecule has 0 radical (unpaired) electrons. The van der Waals surface area contributed by atoms with Gasteiger partial charge in [0.2, 0.25) is 5.91 Å². The first-order chi connectivity index (χ1) is 15.0. The smallest absolute Gasteiger partial charge is 0.373 e. The molecule has 0 N–H and O–H groups in total. The van der Waals surface area contributed by atoms with Gasteiger partial charge in [0.1, 0.15) is 0 Å². The molecule has 5 nitrogen and oxygen atoms in total. The van der Waals surface area contributed by atoms with Crippen LogP contribution in [0, 0.1) is 11.3 Å². The van der Waals surface area contributed by atoms with Gasteiger partial charge in [-0.2, -0.15) is 13.2 Å². The van der Waals surface area contributed by atoms with Gasteiger partial charge in [-0.15, -0.1) is 0 Å². The fourth-order valence-electron chi connectivity index (χ4n) is 5.91. The molecule has 1 saturated carbocycles. The van der Waals surface area contributed by atoms with Gasteiger partial charge in [-0.05, 0) is 50.7 Å². The van der Waals surface area contributed by atoms with E-state index in [0.717, 1.165) is 44.6 Å². The number of alkyl halides is 3. The molecule has 1 amide bonds. The van der Waals surface area contributed by atoms with Crippen LogP contribution in [-0.2, 0) is 28.7 Å². The van der Waals surface area contributed by atoms with E-state index in [2.05, 4.69) is 37.6 Å². The van der Waals surface area contributed by atoms with Crippen LogP contribution >= 0.6 is 0 Å². The summed E-state index contributed by atoms with van der Waals surface area (Å²) in [7, 11) is 0. The monoisotopic (exact) mass is 453 g/mol. The summed E-state index contributed by atoms with van der Waals surface area (Å²) < 4.78 is 45.4. The number of halogens is 3. The maximum absolute atomic E-state index is 13.9. The van der Waals surface area contributed by atoms with Crippen molar-refractivity contribution >= 4 is 5.91 Å². The number of nitrogens with zero attached hydrogens (tertiary/aromatic N) is 3. The third-order valence-electron chi connectivity index (χ3n) is 7.67. The maximum Gasteiger partial charge on any atom is 0.417 e.